The van der Waals surface area contributed by atoms with Gasteiger partial charge >= 0.3 is 0 Å². The first-order valence-corrected chi connectivity index (χ1v) is 8.44. The van der Waals surface area contributed by atoms with E-state index in [0.717, 1.165) is 0 Å². The molecule has 6 nitrogen and oxygen atoms in total. The Hall–Kier alpha value is -2.77. The van der Waals surface area contributed by atoms with Gasteiger partial charge in [0.15, 0.2) is 0 Å². The Morgan fingerprint density at radius 3 is 2.65 bits per heavy atom. The second-order valence-corrected chi connectivity index (χ2v) is 6.45. The van der Waals surface area contributed by atoms with Gasteiger partial charge in [0.2, 0.25) is 5.91 Å². The summed E-state index contributed by atoms with van der Waals surface area (Å²) in [6.45, 7) is 3.42. The van der Waals surface area contributed by atoms with E-state index in [1.807, 2.05) is 11.8 Å². The number of piperazine rings is 1. The molecule has 0 bridgehead atoms. The van der Waals surface area contributed by atoms with Gasteiger partial charge in [-0.2, -0.15) is 0 Å². The third-order valence-corrected chi connectivity index (χ3v) is 4.40. The molecule has 1 unspecified atom stereocenters. The number of hydrogen-bond acceptors (Lipinski definition) is 5. The Labute approximate surface area is 150 Å². The quantitative estimate of drug-likeness (QED) is 0.884. The second kappa shape index (κ2) is 7.63. The van der Waals surface area contributed by atoms with Crippen molar-refractivity contribution in [3.05, 3.63) is 47.8 Å². The molecule has 0 saturated carbocycles. The Kier molecular flexibility index (Phi) is 5.29. The van der Waals surface area contributed by atoms with E-state index in [-0.39, 0.29) is 30.5 Å². The Bertz CT molecular complexity index is 781. The summed E-state index contributed by atoms with van der Waals surface area (Å²) < 4.78 is 27.6. The topological polar surface area (TPSA) is 61.4 Å². The molecular formula is C18H21F2N5O. The normalized spacial score (nSPS) is 15.9. The van der Waals surface area contributed by atoms with Crippen molar-refractivity contribution < 1.29 is 13.6 Å². The molecule has 0 spiro atoms. The van der Waals surface area contributed by atoms with Crippen LogP contribution in [0, 0.1) is 11.6 Å². The van der Waals surface area contributed by atoms with Crippen molar-refractivity contribution >= 4 is 17.5 Å². The minimum Gasteiger partial charge on any atom is -0.367 e. The summed E-state index contributed by atoms with van der Waals surface area (Å²) >= 11 is 0. The van der Waals surface area contributed by atoms with Crippen LogP contribution in [0.1, 0.15) is 12.5 Å². The van der Waals surface area contributed by atoms with Gasteiger partial charge in [-0.05, 0) is 25.5 Å². The lowest BCUT2D eigenvalue weighted by Gasteiger charge is -2.32. The van der Waals surface area contributed by atoms with E-state index in [4.69, 9.17) is 0 Å². The van der Waals surface area contributed by atoms with Gasteiger partial charge in [0.25, 0.3) is 0 Å². The van der Waals surface area contributed by atoms with Crippen LogP contribution in [0.15, 0.2) is 30.6 Å². The van der Waals surface area contributed by atoms with E-state index in [2.05, 4.69) is 15.3 Å². The lowest BCUT2D eigenvalue weighted by atomic mass is 10.1. The highest BCUT2D eigenvalue weighted by Gasteiger charge is 2.22. The standard InChI is InChI=1S/C18H21F2N5O/c1-12(8-13-14(19)4-3-5-15(13)20)23-16-9-17(22-11-21-16)25-7-6-24(2)18(26)10-25/h3-5,9,11-12H,6-8,10H2,1-2H3,(H,21,22,23). The molecule has 1 aromatic heterocycles. The van der Waals surface area contributed by atoms with E-state index in [0.29, 0.717) is 24.7 Å². The molecule has 1 fully saturated rings. The van der Waals surface area contributed by atoms with E-state index >= 15 is 0 Å². The van der Waals surface area contributed by atoms with Gasteiger partial charge in [0.1, 0.15) is 29.6 Å². The SMILES string of the molecule is CC(Cc1c(F)cccc1F)Nc1cc(N2CCN(C)C(=O)C2)ncn1. The minimum atomic E-state index is -0.557. The van der Waals surface area contributed by atoms with Gasteiger partial charge < -0.3 is 15.1 Å². The maximum Gasteiger partial charge on any atom is 0.241 e. The smallest absolute Gasteiger partial charge is 0.241 e. The highest BCUT2D eigenvalue weighted by atomic mass is 19.1. The summed E-state index contributed by atoms with van der Waals surface area (Å²) in [5.74, 6) is 0.113. The van der Waals surface area contributed by atoms with Crippen molar-refractivity contribution in [2.75, 3.05) is 36.9 Å². The average Bonchev–Trinajstić information content (AvgIpc) is 2.61. The first kappa shape index (κ1) is 18.0. The van der Waals surface area contributed by atoms with Crippen LogP contribution < -0.4 is 10.2 Å². The predicted octanol–water partition coefficient (Wildman–Crippen LogP) is 2.08. The number of rotatable bonds is 5. The first-order chi connectivity index (χ1) is 12.4. The molecule has 2 aromatic rings. The van der Waals surface area contributed by atoms with Gasteiger partial charge in [0.05, 0.1) is 6.54 Å². The summed E-state index contributed by atoms with van der Waals surface area (Å²) in [6.07, 6.45) is 1.60. The summed E-state index contributed by atoms with van der Waals surface area (Å²) in [5, 5.41) is 3.14. The minimum absolute atomic E-state index is 0.0350. The molecule has 1 saturated heterocycles. The van der Waals surface area contributed by atoms with Crippen LogP contribution in [0.4, 0.5) is 20.4 Å². The molecule has 138 valence electrons. The van der Waals surface area contributed by atoms with Crippen molar-refractivity contribution in [2.24, 2.45) is 0 Å². The molecular weight excluding hydrogens is 340 g/mol. The van der Waals surface area contributed by atoms with E-state index < -0.39 is 11.6 Å². The molecule has 2 heterocycles. The number of aromatic nitrogens is 2. The zero-order valence-corrected chi connectivity index (χ0v) is 14.7. The molecule has 1 N–H and O–H groups in total. The number of carbonyl (C=O) groups is 1. The molecule has 1 aromatic carbocycles. The van der Waals surface area contributed by atoms with E-state index in [9.17, 15) is 13.6 Å². The fraction of sp³-hybridized carbons (Fsp3) is 0.389. The van der Waals surface area contributed by atoms with Gasteiger partial charge in [-0.3, -0.25) is 4.79 Å². The van der Waals surface area contributed by atoms with Crippen molar-refractivity contribution in [1.29, 1.82) is 0 Å². The van der Waals surface area contributed by atoms with Crippen LogP contribution in [0.2, 0.25) is 0 Å². The number of nitrogens with one attached hydrogen (secondary N) is 1. The molecule has 1 aliphatic heterocycles. The first-order valence-electron chi connectivity index (χ1n) is 8.44. The van der Waals surface area contributed by atoms with Crippen LogP contribution >= 0.6 is 0 Å². The molecule has 1 atom stereocenters. The van der Waals surface area contributed by atoms with Crippen LogP contribution in [0.25, 0.3) is 0 Å². The van der Waals surface area contributed by atoms with Gasteiger partial charge in [0, 0.05) is 37.8 Å². The Morgan fingerprint density at radius 2 is 1.96 bits per heavy atom. The zero-order chi connectivity index (χ0) is 18.7. The number of anilines is 2. The maximum atomic E-state index is 13.8. The monoisotopic (exact) mass is 361 g/mol. The third kappa shape index (κ3) is 4.07. The molecule has 1 aliphatic rings. The van der Waals surface area contributed by atoms with Gasteiger partial charge in [-0.25, -0.2) is 18.7 Å². The van der Waals surface area contributed by atoms with Crippen molar-refractivity contribution in [1.82, 2.24) is 14.9 Å². The van der Waals surface area contributed by atoms with Crippen molar-refractivity contribution in [2.45, 2.75) is 19.4 Å². The van der Waals surface area contributed by atoms with Gasteiger partial charge in [-0.15, -0.1) is 0 Å². The highest BCUT2D eigenvalue weighted by molar-refractivity contribution is 5.82. The summed E-state index contributed by atoms with van der Waals surface area (Å²) in [4.78, 5) is 23.8. The highest BCUT2D eigenvalue weighted by Crippen LogP contribution is 2.19. The molecule has 1 amide bonds. The Balaban J connectivity index is 1.68. The fourth-order valence-corrected chi connectivity index (χ4v) is 2.89. The number of nitrogens with zero attached hydrogens (tertiary/aromatic N) is 4. The van der Waals surface area contributed by atoms with E-state index in [1.165, 1.54) is 24.5 Å². The lowest BCUT2D eigenvalue weighted by molar-refractivity contribution is -0.129. The van der Waals surface area contributed by atoms with Crippen molar-refractivity contribution in [3.63, 3.8) is 0 Å². The van der Waals surface area contributed by atoms with Crippen molar-refractivity contribution in [3.8, 4) is 0 Å². The fourth-order valence-electron chi connectivity index (χ4n) is 2.89. The number of likely N-dealkylation sites (N-methyl/N-ethyl adjacent to an activating group) is 1. The number of carbonyl (C=O) groups excluding carboxylic acids is 1. The van der Waals surface area contributed by atoms with Crippen LogP contribution in [-0.4, -0.2) is 53.5 Å². The van der Waals surface area contributed by atoms with Crippen LogP contribution in [-0.2, 0) is 11.2 Å². The second-order valence-electron chi connectivity index (χ2n) is 6.45. The number of benzene rings is 1. The Morgan fingerprint density at radius 1 is 1.23 bits per heavy atom. The molecule has 0 aliphatic carbocycles. The summed E-state index contributed by atoms with van der Waals surface area (Å²) in [5.41, 5.74) is 0.0476. The number of halogens is 2. The molecule has 0 radical (unpaired) electrons. The predicted molar refractivity (Wildman–Crippen MR) is 95.0 cm³/mol. The molecule has 26 heavy (non-hydrogen) atoms. The molecule has 3 rings (SSSR count). The third-order valence-electron chi connectivity index (χ3n) is 4.40. The summed E-state index contributed by atoms with van der Waals surface area (Å²) in [6, 6.07) is 5.35. The average molecular weight is 361 g/mol. The zero-order valence-electron chi connectivity index (χ0n) is 14.7. The van der Waals surface area contributed by atoms with Crippen LogP contribution in [0.3, 0.4) is 0 Å². The largest absolute Gasteiger partial charge is 0.367 e. The van der Waals surface area contributed by atoms with E-state index in [1.54, 1.807) is 18.0 Å². The van der Waals surface area contributed by atoms with Crippen LogP contribution in [0.5, 0.6) is 0 Å². The van der Waals surface area contributed by atoms with Gasteiger partial charge in [-0.1, -0.05) is 6.07 Å². The number of hydrogen-bond donors (Lipinski definition) is 1. The molecule has 8 heteroatoms. The maximum absolute atomic E-state index is 13.8. The lowest BCUT2D eigenvalue weighted by Crippen LogP contribution is -2.48. The number of amides is 1. The summed E-state index contributed by atoms with van der Waals surface area (Å²) in [7, 11) is 1.77.